The van der Waals surface area contributed by atoms with Crippen LogP contribution in [0.2, 0.25) is 0 Å². The summed E-state index contributed by atoms with van der Waals surface area (Å²) in [5, 5.41) is 3.33. The second-order valence-electron chi connectivity index (χ2n) is 5.81. The minimum Gasteiger partial charge on any atom is -0.534 e. The normalized spacial score (nSPS) is 21.6. The van der Waals surface area contributed by atoms with Gasteiger partial charge in [-0.05, 0) is 43.4 Å². The first-order valence-electron chi connectivity index (χ1n) is 7.10. The molecule has 0 saturated carbocycles. The average Bonchev–Trinajstić information content (AvgIpc) is 2.74. The van der Waals surface area contributed by atoms with Gasteiger partial charge in [0.2, 0.25) is 0 Å². The van der Waals surface area contributed by atoms with E-state index in [1.165, 1.54) is 11.1 Å². The fourth-order valence-electron chi connectivity index (χ4n) is 2.53. The quantitative estimate of drug-likeness (QED) is 0.834. The molecule has 20 heavy (non-hydrogen) atoms. The van der Waals surface area contributed by atoms with Crippen molar-refractivity contribution in [1.82, 2.24) is 5.32 Å². The molecule has 1 N–H and O–H groups in total. The summed E-state index contributed by atoms with van der Waals surface area (Å²) >= 11 is 0. The van der Waals surface area contributed by atoms with E-state index >= 15 is 0 Å². The van der Waals surface area contributed by atoms with Gasteiger partial charge in [0, 0.05) is 6.54 Å². The number of hydrogen-bond acceptors (Lipinski definition) is 3. The Bertz CT molecular complexity index is 565. The minimum atomic E-state index is -0.422. The SMILES string of the molecule is C=C1OB(c2cccc(C3=CCNCC3)c2)OC1(C)C. The Morgan fingerprint density at radius 2 is 2.20 bits per heavy atom. The smallest absolute Gasteiger partial charge is 0.534 e. The Kier molecular flexibility index (Phi) is 3.44. The molecule has 1 aromatic rings. The molecule has 1 fully saturated rings. The summed E-state index contributed by atoms with van der Waals surface area (Å²) in [7, 11) is -0.347. The van der Waals surface area contributed by atoms with Crippen LogP contribution in [0.3, 0.4) is 0 Å². The molecule has 0 bridgehead atoms. The first-order valence-corrected chi connectivity index (χ1v) is 7.10. The van der Waals surface area contributed by atoms with Gasteiger partial charge in [-0.25, -0.2) is 0 Å². The molecule has 2 aliphatic heterocycles. The van der Waals surface area contributed by atoms with E-state index in [0.29, 0.717) is 5.76 Å². The van der Waals surface area contributed by atoms with Crippen molar-refractivity contribution in [3.8, 4) is 0 Å². The van der Waals surface area contributed by atoms with Crippen LogP contribution in [0.15, 0.2) is 42.7 Å². The third kappa shape index (κ3) is 2.54. The van der Waals surface area contributed by atoms with E-state index in [1.807, 2.05) is 19.9 Å². The van der Waals surface area contributed by atoms with Crippen LogP contribution in [0.25, 0.3) is 5.57 Å². The maximum Gasteiger partial charge on any atom is 0.563 e. The molecule has 0 spiro atoms. The summed E-state index contributed by atoms with van der Waals surface area (Å²) in [5.41, 5.74) is 3.27. The molecular formula is C16H20BNO2. The first kappa shape index (κ1) is 13.5. The predicted octanol–water partition coefficient (Wildman–Crippen LogP) is 2.10. The van der Waals surface area contributed by atoms with Gasteiger partial charge in [-0.2, -0.15) is 0 Å². The molecule has 4 heteroatoms. The summed E-state index contributed by atoms with van der Waals surface area (Å²) in [4.78, 5) is 0. The van der Waals surface area contributed by atoms with E-state index in [4.69, 9.17) is 9.31 Å². The van der Waals surface area contributed by atoms with Crippen LogP contribution >= 0.6 is 0 Å². The molecule has 0 aliphatic carbocycles. The van der Waals surface area contributed by atoms with Crippen LogP contribution in [0.1, 0.15) is 25.8 Å². The highest BCUT2D eigenvalue weighted by atomic mass is 16.7. The van der Waals surface area contributed by atoms with Crippen molar-refractivity contribution >= 4 is 18.2 Å². The first-order chi connectivity index (χ1) is 9.56. The van der Waals surface area contributed by atoms with Crippen molar-refractivity contribution in [1.29, 1.82) is 0 Å². The summed E-state index contributed by atoms with van der Waals surface area (Å²) in [6, 6.07) is 8.42. The second-order valence-corrected chi connectivity index (χ2v) is 5.81. The summed E-state index contributed by atoms with van der Waals surface area (Å²) in [5.74, 6) is 0.689. The number of rotatable bonds is 2. The van der Waals surface area contributed by atoms with E-state index in [0.717, 1.165) is 25.0 Å². The van der Waals surface area contributed by atoms with E-state index in [9.17, 15) is 0 Å². The van der Waals surface area contributed by atoms with Crippen molar-refractivity contribution in [3.05, 3.63) is 48.2 Å². The predicted molar refractivity (Wildman–Crippen MR) is 82.7 cm³/mol. The third-order valence-electron chi connectivity index (χ3n) is 3.92. The van der Waals surface area contributed by atoms with Gasteiger partial charge in [-0.15, -0.1) is 0 Å². The summed E-state index contributed by atoms with van der Waals surface area (Å²) < 4.78 is 11.7. The fourth-order valence-corrected chi connectivity index (χ4v) is 2.53. The lowest BCUT2D eigenvalue weighted by atomic mass is 9.77. The van der Waals surface area contributed by atoms with Crippen LogP contribution in [-0.4, -0.2) is 25.8 Å². The van der Waals surface area contributed by atoms with Crippen LogP contribution in [0, 0.1) is 0 Å². The van der Waals surface area contributed by atoms with Gasteiger partial charge < -0.3 is 14.6 Å². The van der Waals surface area contributed by atoms with Crippen molar-refractivity contribution in [2.75, 3.05) is 13.1 Å². The lowest BCUT2D eigenvalue weighted by molar-refractivity contribution is 0.173. The molecule has 104 valence electrons. The Hall–Kier alpha value is -1.52. The summed E-state index contributed by atoms with van der Waals surface area (Å²) in [6.07, 6.45) is 3.32. The zero-order valence-corrected chi connectivity index (χ0v) is 12.1. The van der Waals surface area contributed by atoms with Crippen LogP contribution in [0.5, 0.6) is 0 Å². The maximum atomic E-state index is 5.94. The lowest BCUT2D eigenvalue weighted by Gasteiger charge is -2.16. The molecule has 0 radical (unpaired) electrons. The topological polar surface area (TPSA) is 30.5 Å². The molecule has 1 aromatic carbocycles. The van der Waals surface area contributed by atoms with Gasteiger partial charge in [0.25, 0.3) is 0 Å². The second kappa shape index (κ2) is 5.11. The Labute approximate surface area is 120 Å². The molecule has 1 saturated heterocycles. The fraction of sp³-hybridized carbons (Fsp3) is 0.375. The third-order valence-corrected chi connectivity index (χ3v) is 3.92. The number of hydrogen-bond donors (Lipinski definition) is 1. The van der Waals surface area contributed by atoms with Gasteiger partial charge in [0.1, 0.15) is 5.60 Å². The highest BCUT2D eigenvalue weighted by molar-refractivity contribution is 6.62. The molecule has 3 nitrogen and oxygen atoms in total. The molecule has 2 heterocycles. The molecule has 2 aliphatic rings. The minimum absolute atomic E-state index is 0.347. The summed E-state index contributed by atoms with van der Waals surface area (Å²) in [6.45, 7) is 9.87. The van der Waals surface area contributed by atoms with Gasteiger partial charge in [-0.3, -0.25) is 0 Å². The highest BCUT2D eigenvalue weighted by Crippen LogP contribution is 2.29. The standard InChI is InChI=1S/C16H20BNO2/c1-12-16(2,3)20-17(19-12)15-6-4-5-14(11-15)13-7-9-18-10-8-13/h4-7,11,18H,1,8-10H2,2-3H3. The highest BCUT2D eigenvalue weighted by Gasteiger charge is 2.42. The van der Waals surface area contributed by atoms with Crippen molar-refractivity contribution in [3.63, 3.8) is 0 Å². The number of benzene rings is 1. The van der Waals surface area contributed by atoms with E-state index < -0.39 is 5.60 Å². The molecule has 0 amide bonds. The van der Waals surface area contributed by atoms with Gasteiger partial charge in [0.15, 0.2) is 0 Å². The zero-order valence-electron chi connectivity index (χ0n) is 12.1. The van der Waals surface area contributed by atoms with Gasteiger partial charge >= 0.3 is 7.12 Å². The zero-order chi connectivity index (χ0) is 14.2. The van der Waals surface area contributed by atoms with E-state index in [1.54, 1.807) is 0 Å². The van der Waals surface area contributed by atoms with Crippen LogP contribution in [-0.2, 0) is 9.31 Å². The molecule has 0 atom stereocenters. The van der Waals surface area contributed by atoms with Gasteiger partial charge in [0.05, 0.1) is 5.76 Å². The number of nitrogens with one attached hydrogen (secondary N) is 1. The van der Waals surface area contributed by atoms with Crippen molar-refractivity contribution in [2.45, 2.75) is 25.9 Å². The van der Waals surface area contributed by atoms with Crippen molar-refractivity contribution in [2.24, 2.45) is 0 Å². The molecule has 0 unspecified atom stereocenters. The van der Waals surface area contributed by atoms with Gasteiger partial charge in [-0.1, -0.05) is 36.9 Å². The van der Waals surface area contributed by atoms with E-state index in [-0.39, 0.29) is 7.12 Å². The van der Waals surface area contributed by atoms with Crippen LogP contribution in [0.4, 0.5) is 0 Å². The van der Waals surface area contributed by atoms with E-state index in [2.05, 4.69) is 36.2 Å². The molecular weight excluding hydrogens is 249 g/mol. The Morgan fingerprint density at radius 3 is 2.85 bits per heavy atom. The maximum absolute atomic E-state index is 5.94. The monoisotopic (exact) mass is 269 g/mol. The molecule has 3 rings (SSSR count). The Balaban J connectivity index is 1.85. The molecule has 0 aromatic heterocycles. The lowest BCUT2D eigenvalue weighted by Crippen LogP contribution is -2.34. The average molecular weight is 269 g/mol. The van der Waals surface area contributed by atoms with Crippen LogP contribution < -0.4 is 10.8 Å². The van der Waals surface area contributed by atoms with Crippen molar-refractivity contribution < 1.29 is 9.31 Å². The Morgan fingerprint density at radius 1 is 1.35 bits per heavy atom. The largest absolute Gasteiger partial charge is 0.563 e.